The first-order valence-corrected chi connectivity index (χ1v) is 6.54. The van der Waals surface area contributed by atoms with Crippen molar-refractivity contribution in [3.8, 4) is 10.8 Å². The summed E-state index contributed by atoms with van der Waals surface area (Å²) in [6.07, 6.45) is 1.37. The van der Waals surface area contributed by atoms with Gasteiger partial charge in [-0.1, -0.05) is 6.07 Å². The number of oxazole rings is 1. The summed E-state index contributed by atoms with van der Waals surface area (Å²) in [6.45, 7) is 0.850. The van der Waals surface area contributed by atoms with E-state index in [0.29, 0.717) is 24.7 Å². The molecule has 3 rings (SSSR count). The van der Waals surface area contributed by atoms with Gasteiger partial charge in [-0.3, -0.25) is 4.79 Å². The zero-order valence-electron chi connectivity index (χ0n) is 9.57. The number of amides is 1. The Balaban J connectivity index is 1.65. The quantitative estimate of drug-likeness (QED) is 0.903. The van der Waals surface area contributed by atoms with E-state index in [1.807, 2.05) is 17.5 Å². The van der Waals surface area contributed by atoms with Crippen LogP contribution < -0.4 is 0 Å². The van der Waals surface area contributed by atoms with Gasteiger partial charge in [-0.05, 0) is 11.4 Å². The Morgan fingerprint density at radius 2 is 2.44 bits per heavy atom. The molecule has 0 saturated carbocycles. The van der Waals surface area contributed by atoms with Crippen molar-refractivity contribution in [3.63, 3.8) is 0 Å². The maximum absolute atomic E-state index is 11.8. The molecule has 2 aromatic rings. The van der Waals surface area contributed by atoms with Gasteiger partial charge in [0.15, 0.2) is 0 Å². The molecule has 0 aromatic carbocycles. The van der Waals surface area contributed by atoms with Crippen LogP contribution in [-0.4, -0.2) is 40.1 Å². The Kier molecular flexibility index (Phi) is 2.89. The maximum Gasteiger partial charge on any atom is 0.236 e. The van der Waals surface area contributed by atoms with Crippen LogP contribution in [0.25, 0.3) is 10.8 Å². The number of carbonyl (C=O) groups excluding carboxylic acids is 1. The summed E-state index contributed by atoms with van der Waals surface area (Å²) in [5, 5.41) is 11.1. The third kappa shape index (κ3) is 2.16. The largest absolute Gasteiger partial charge is 0.444 e. The van der Waals surface area contributed by atoms with Crippen molar-refractivity contribution < 1.29 is 14.3 Å². The molecule has 1 saturated heterocycles. The van der Waals surface area contributed by atoms with Gasteiger partial charge in [-0.2, -0.15) is 0 Å². The second-order valence-electron chi connectivity index (χ2n) is 4.25. The molecule has 1 aliphatic rings. The molecule has 0 bridgehead atoms. The average molecular weight is 264 g/mol. The number of β-amino-alcohol motifs (C(OH)–C–C–N with tert-alkyl or cyclic N) is 1. The lowest BCUT2D eigenvalue weighted by Gasteiger charge is -2.35. The van der Waals surface area contributed by atoms with Crippen molar-refractivity contribution in [1.29, 1.82) is 0 Å². The van der Waals surface area contributed by atoms with Gasteiger partial charge in [-0.25, -0.2) is 4.98 Å². The number of aliphatic hydroxyl groups excluding tert-OH is 1. The molecule has 0 radical (unpaired) electrons. The number of aliphatic hydroxyl groups is 1. The van der Waals surface area contributed by atoms with Crippen LogP contribution in [-0.2, 0) is 11.2 Å². The maximum atomic E-state index is 11.8. The number of hydrogen-bond donors (Lipinski definition) is 1. The molecular weight excluding hydrogens is 252 g/mol. The first kappa shape index (κ1) is 11.4. The van der Waals surface area contributed by atoms with Gasteiger partial charge in [0.05, 0.1) is 23.1 Å². The Bertz CT molecular complexity index is 543. The summed E-state index contributed by atoms with van der Waals surface area (Å²) >= 11 is 1.55. The van der Waals surface area contributed by atoms with Gasteiger partial charge in [0.2, 0.25) is 11.8 Å². The van der Waals surface area contributed by atoms with Crippen LogP contribution >= 0.6 is 11.3 Å². The van der Waals surface area contributed by atoms with Crippen molar-refractivity contribution in [3.05, 3.63) is 29.5 Å². The molecule has 0 atom stereocenters. The molecule has 5 nitrogen and oxygen atoms in total. The molecule has 0 unspecified atom stereocenters. The normalized spacial score (nSPS) is 15.7. The first-order valence-electron chi connectivity index (χ1n) is 5.66. The Morgan fingerprint density at radius 3 is 3.11 bits per heavy atom. The van der Waals surface area contributed by atoms with Crippen molar-refractivity contribution in [2.24, 2.45) is 0 Å². The third-order valence-corrected chi connectivity index (χ3v) is 3.69. The molecule has 1 fully saturated rings. The summed E-state index contributed by atoms with van der Waals surface area (Å²) in [5.41, 5.74) is 0.629. The van der Waals surface area contributed by atoms with Crippen LogP contribution in [0.4, 0.5) is 0 Å². The van der Waals surface area contributed by atoms with Gasteiger partial charge in [-0.15, -0.1) is 11.3 Å². The van der Waals surface area contributed by atoms with Gasteiger partial charge in [0.25, 0.3) is 0 Å². The monoisotopic (exact) mass is 264 g/mol. The molecule has 1 N–H and O–H groups in total. The second-order valence-corrected chi connectivity index (χ2v) is 5.20. The number of hydrogen-bond acceptors (Lipinski definition) is 5. The lowest BCUT2D eigenvalue weighted by atomic mass is 10.1. The number of nitrogens with zero attached hydrogens (tertiary/aromatic N) is 2. The fraction of sp³-hybridized carbons (Fsp3) is 0.333. The van der Waals surface area contributed by atoms with E-state index in [-0.39, 0.29) is 18.4 Å². The number of carbonyl (C=O) groups is 1. The van der Waals surface area contributed by atoms with Crippen molar-refractivity contribution in [1.82, 2.24) is 9.88 Å². The highest BCUT2D eigenvalue weighted by Gasteiger charge is 2.29. The van der Waals surface area contributed by atoms with Gasteiger partial charge in [0, 0.05) is 13.1 Å². The second kappa shape index (κ2) is 4.55. The van der Waals surface area contributed by atoms with E-state index < -0.39 is 0 Å². The summed E-state index contributed by atoms with van der Waals surface area (Å²) < 4.78 is 5.34. The molecule has 6 heteroatoms. The molecule has 0 spiro atoms. The predicted molar refractivity (Wildman–Crippen MR) is 66.1 cm³/mol. The number of thiophene rings is 1. The molecule has 1 amide bonds. The Hall–Kier alpha value is -1.66. The van der Waals surface area contributed by atoms with Crippen LogP contribution in [0.3, 0.4) is 0 Å². The summed E-state index contributed by atoms with van der Waals surface area (Å²) in [7, 11) is 0. The van der Waals surface area contributed by atoms with Crippen LogP contribution in [0.5, 0.6) is 0 Å². The molecule has 18 heavy (non-hydrogen) atoms. The van der Waals surface area contributed by atoms with Crippen LogP contribution in [0.1, 0.15) is 5.69 Å². The van der Waals surface area contributed by atoms with Crippen molar-refractivity contribution in [2.45, 2.75) is 12.5 Å². The number of rotatable bonds is 3. The molecule has 1 aliphatic heterocycles. The van der Waals surface area contributed by atoms with Gasteiger partial charge >= 0.3 is 0 Å². The van der Waals surface area contributed by atoms with Crippen molar-refractivity contribution >= 4 is 17.2 Å². The zero-order valence-corrected chi connectivity index (χ0v) is 10.4. The minimum Gasteiger partial charge on any atom is -0.444 e. The minimum atomic E-state index is -0.368. The van der Waals surface area contributed by atoms with Crippen LogP contribution in [0, 0.1) is 0 Å². The van der Waals surface area contributed by atoms with E-state index in [1.165, 1.54) is 6.26 Å². The number of aromatic nitrogens is 1. The van der Waals surface area contributed by atoms with E-state index >= 15 is 0 Å². The fourth-order valence-corrected chi connectivity index (χ4v) is 2.48. The van der Waals surface area contributed by atoms with E-state index in [4.69, 9.17) is 9.52 Å². The predicted octanol–water partition coefficient (Wildman–Crippen LogP) is 1.15. The SMILES string of the molecule is O=C(Cc1coc(-c2cccs2)n1)N1CC(O)C1. The van der Waals surface area contributed by atoms with Gasteiger partial charge < -0.3 is 14.4 Å². The summed E-state index contributed by atoms with van der Waals surface area (Å²) in [5.74, 6) is 0.530. The average Bonchev–Trinajstić information content (AvgIpc) is 2.93. The highest BCUT2D eigenvalue weighted by Crippen LogP contribution is 2.24. The molecular formula is C12H12N2O3S. The lowest BCUT2D eigenvalue weighted by Crippen LogP contribution is -2.53. The Morgan fingerprint density at radius 1 is 1.61 bits per heavy atom. The standard InChI is InChI=1S/C12H12N2O3S/c15-9-5-14(6-9)11(16)4-8-7-17-12(13-8)10-2-1-3-18-10/h1-3,7,9,15H,4-6H2. The minimum absolute atomic E-state index is 0.0219. The molecule has 3 heterocycles. The lowest BCUT2D eigenvalue weighted by molar-refractivity contribution is -0.140. The van der Waals surface area contributed by atoms with E-state index in [0.717, 1.165) is 4.88 Å². The smallest absolute Gasteiger partial charge is 0.236 e. The topological polar surface area (TPSA) is 66.6 Å². The van der Waals surface area contributed by atoms with Crippen LogP contribution in [0.2, 0.25) is 0 Å². The van der Waals surface area contributed by atoms with Gasteiger partial charge in [0.1, 0.15) is 6.26 Å². The van der Waals surface area contributed by atoms with Crippen LogP contribution in [0.15, 0.2) is 28.2 Å². The highest BCUT2D eigenvalue weighted by atomic mass is 32.1. The number of likely N-dealkylation sites (tertiary alicyclic amines) is 1. The van der Waals surface area contributed by atoms with E-state index in [1.54, 1.807) is 16.2 Å². The molecule has 94 valence electrons. The third-order valence-electron chi connectivity index (χ3n) is 2.83. The Labute approximate surface area is 108 Å². The van der Waals surface area contributed by atoms with E-state index in [9.17, 15) is 4.79 Å². The highest BCUT2D eigenvalue weighted by molar-refractivity contribution is 7.13. The van der Waals surface area contributed by atoms with Crippen molar-refractivity contribution in [2.75, 3.05) is 13.1 Å². The molecule has 2 aromatic heterocycles. The zero-order chi connectivity index (χ0) is 12.5. The fourth-order valence-electron chi connectivity index (χ4n) is 1.83. The molecule has 0 aliphatic carbocycles. The first-order chi connectivity index (χ1) is 8.72. The summed E-state index contributed by atoms with van der Waals surface area (Å²) in [6, 6.07) is 3.85. The summed E-state index contributed by atoms with van der Waals surface area (Å²) in [4.78, 5) is 18.6. The van der Waals surface area contributed by atoms with E-state index in [2.05, 4.69) is 4.98 Å².